The van der Waals surface area contributed by atoms with Crippen LogP contribution in [0, 0.1) is 11.8 Å². The average Bonchev–Trinajstić information content (AvgIpc) is 3.26. The van der Waals surface area contributed by atoms with Gasteiger partial charge in [-0.05, 0) is 31.9 Å². The van der Waals surface area contributed by atoms with Gasteiger partial charge in [0.05, 0.1) is 18.1 Å². The fourth-order valence-electron chi connectivity index (χ4n) is 5.64. The summed E-state index contributed by atoms with van der Waals surface area (Å²) in [5, 5.41) is 2.99. The van der Waals surface area contributed by atoms with Gasteiger partial charge >= 0.3 is 6.03 Å². The number of hydrogen-bond donors (Lipinski definition) is 1. The lowest BCUT2D eigenvalue weighted by Gasteiger charge is -2.47. The highest BCUT2D eigenvalue weighted by molar-refractivity contribution is 5.89. The molecule has 0 saturated carbocycles. The van der Waals surface area contributed by atoms with E-state index in [0.717, 1.165) is 44.7 Å². The van der Waals surface area contributed by atoms with Crippen LogP contribution in [-0.2, 0) is 9.53 Å². The Labute approximate surface area is 173 Å². The molecule has 3 fully saturated rings. The number of methoxy groups -OCH3 is 1. The Bertz CT molecular complexity index is 733. The van der Waals surface area contributed by atoms with Crippen LogP contribution in [0.15, 0.2) is 30.3 Å². The molecule has 0 aromatic heterocycles. The summed E-state index contributed by atoms with van der Waals surface area (Å²) in [6.45, 7) is 7.57. The molecule has 158 valence electrons. The molecule has 1 aromatic rings. The smallest absolute Gasteiger partial charge is 0.321 e. The number of hydrogen-bond acceptors (Lipinski definition) is 4. The molecule has 4 rings (SSSR count). The molecular formula is C22H32N4O3. The van der Waals surface area contributed by atoms with E-state index in [1.54, 1.807) is 7.11 Å². The largest absolute Gasteiger partial charge is 0.383 e. The second kappa shape index (κ2) is 8.32. The summed E-state index contributed by atoms with van der Waals surface area (Å²) < 4.78 is 5.23. The monoisotopic (exact) mass is 400 g/mol. The maximum atomic E-state index is 13.1. The lowest BCUT2D eigenvalue weighted by molar-refractivity contribution is -0.135. The second-order valence-corrected chi connectivity index (χ2v) is 8.43. The van der Waals surface area contributed by atoms with Gasteiger partial charge in [-0.15, -0.1) is 0 Å². The Kier molecular flexibility index (Phi) is 5.79. The number of fused-ring (bicyclic) bond motifs is 2. The third kappa shape index (κ3) is 3.62. The van der Waals surface area contributed by atoms with Gasteiger partial charge in [0.15, 0.2) is 0 Å². The minimum atomic E-state index is -0.109. The lowest BCUT2D eigenvalue weighted by atomic mass is 9.75. The minimum Gasteiger partial charge on any atom is -0.383 e. The van der Waals surface area contributed by atoms with Gasteiger partial charge in [-0.3, -0.25) is 9.69 Å². The van der Waals surface area contributed by atoms with E-state index in [0.29, 0.717) is 31.5 Å². The Morgan fingerprint density at radius 2 is 1.93 bits per heavy atom. The van der Waals surface area contributed by atoms with E-state index in [4.69, 9.17) is 4.74 Å². The van der Waals surface area contributed by atoms with E-state index in [-0.39, 0.29) is 17.5 Å². The molecule has 3 amide bonds. The van der Waals surface area contributed by atoms with Crippen molar-refractivity contribution in [2.45, 2.75) is 25.3 Å². The normalized spacial score (nSPS) is 26.2. The molecular weight excluding hydrogens is 368 g/mol. The molecule has 3 heterocycles. The first-order valence-corrected chi connectivity index (χ1v) is 10.7. The van der Waals surface area contributed by atoms with Crippen LogP contribution in [0.5, 0.6) is 0 Å². The zero-order valence-electron chi connectivity index (χ0n) is 17.5. The van der Waals surface area contributed by atoms with E-state index in [2.05, 4.69) is 22.0 Å². The molecule has 7 heteroatoms. The number of para-hydroxylation sites is 1. The van der Waals surface area contributed by atoms with Crippen molar-refractivity contribution >= 4 is 17.6 Å². The number of carbonyl (C=O) groups excluding carboxylic acids is 2. The Balaban J connectivity index is 1.44. The third-order valence-corrected chi connectivity index (χ3v) is 7.08. The molecule has 29 heavy (non-hydrogen) atoms. The molecule has 0 unspecified atom stereocenters. The number of nitrogens with zero attached hydrogens (tertiary/aromatic N) is 3. The number of anilines is 1. The van der Waals surface area contributed by atoms with Crippen molar-refractivity contribution in [1.29, 1.82) is 0 Å². The molecule has 0 radical (unpaired) electrons. The Morgan fingerprint density at radius 3 is 2.59 bits per heavy atom. The molecule has 3 aliphatic heterocycles. The van der Waals surface area contributed by atoms with Gasteiger partial charge in [-0.2, -0.15) is 0 Å². The van der Waals surface area contributed by atoms with Gasteiger partial charge in [-0.25, -0.2) is 4.79 Å². The molecule has 1 spiro atoms. The van der Waals surface area contributed by atoms with E-state index < -0.39 is 0 Å². The Morgan fingerprint density at radius 1 is 1.21 bits per heavy atom. The highest BCUT2D eigenvalue weighted by atomic mass is 16.5. The van der Waals surface area contributed by atoms with Crippen LogP contribution in [0.4, 0.5) is 10.5 Å². The van der Waals surface area contributed by atoms with Crippen LogP contribution in [0.1, 0.15) is 19.8 Å². The third-order valence-electron chi connectivity index (χ3n) is 7.08. The lowest BCUT2D eigenvalue weighted by Crippen LogP contribution is -2.58. The molecule has 3 saturated heterocycles. The van der Waals surface area contributed by atoms with Gasteiger partial charge in [0.1, 0.15) is 0 Å². The van der Waals surface area contributed by atoms with Crippen molar-refractivity contribution in [1.82, 2.24) is 14.7 Å². The summed E-state index contributed by atoms with van der Waals surface area (Å²) in [6.07, 6.45) is 1.71. The van der Waals surface area contributed by atoms with Crippen molar-refractivity contribution in [3.8, 4) is 0 Å². The van der Waals surface area contributed by atoms with Crippen molar-refractivity contribution in [2.24, 2.45) is 11.8 Å². The summed E-state index contributed by atoms with van der Waals surface area (Å²) >= 11 is 0. The van der Waals surface area contributed by atoms with Crippen LogP contribution in [0.25, 0.3) is 0 Å². The first kappa shape index (κ1) is 20.2. The topological polar surface area (TPSA) is 65.1 Å². The zero-order chi connectivity index (χ0) is 20.4. The number of likely N-dealkylation sites (tertiary alicyclic amines) is 3. The highest BCUT2D eigenvalue weighted by Gasteiger charge is 2.61. The van der Waals surface area contributed by atoms with Gasteiger partial charge < -0.3 is 19.9 Å². The van der Waals surface area contributed by atoms with Gasteiger partial charge in [0, 0.05) is 58.0 Å². The van der Waals surface area contributed by atoms with Crippen LogP contribution in [-0.4, -0.2) is 85.2 Å². The summed E-state index contributed by atoms with van der Waals surface area (Å²) in [4.78, 5) is 32.2. The molecule has 7 nitrogen and oxygen atoms in total. The zero-order valence-corrected chi connectivity index (χ0v) is 17.5. The maximum absolute atomic E-state index is 13.1. The maximum Gasteiger partial charge on any atom is 0.321 e. The second-order valence-electron chi connectivity index (χ2n) is 8.43. The van der Waals surface area contributed by atoms with Gasteiger partial charge in [0.25, 0.3) is 0 Å². The SMILES string of the molecule is CCN1C(=O)[C@H]2CN(CCOC)C[C@H]2C12CCN(C(=O)Nc1ccccc1)CC2. The number of benzene rings is 1. The number of carbonyl (C=O) groups is 2. The van der Waals surface area contributed by atoms with Gasteiger partial charge in [0.2, 0.25) is 5.91 Å². The fourth-order valence-corrected chi connectivity index (χ4v) is 5.64. The minimum absolute atomic E-state index is 0.0527. The number of nitrogens with one attached hydrogen (secondary N) is 1. The van der Waals surface area contributed by atoms with Crippen LogP contribution in [0.2, 0.25) is 0 Å². The number of amides is 3. The van der Waals surface area contributed by atoms with Crippen molar-refractivity contribution in [2.75, 3.05) is 58.3 Å². The first-order valence-electron chi connectivity index (χ1n) is 10.7. The number of ether oxygens (including phenoxy) is 1. The van der Waals surface area contributed by atoms with Crippen LogP contribution >= 0.6 is 0 Å². The quantitative estimate of drug-likeness (QED) is 0.822. The summed E-state index contributed by atoms with van der Waals surface area (Å²) in [5.74, 6) is 0.752. The molecule has 0 bridgehead atoms. The standard InChI is InChI=1S/C22H32N4O3/c1-3-26-20(27)18-15-24(13-14-29-2)16-19(18)22(26)9-11-25(12-10-22)21(28)23-17-7-5-4-6-8-17/h4-8,18-19H,3,9-16H2,1-2H3,(H,23,28)/t18-,19+/m0/s1. The van der Waals surface area contributed by atoms with Crippen LogP contribution < -0.4 is 5.32 Å². The summed E-state index contributed by atoms with van der Waals surface area (Å²) in [7, 11) is 1.72. The van der Waals surface area contributed by atoms with Gasteiger partial charge in [-0.1, -0.05) is 18.2 Å². The van der Waals surface area contributed by atoms with E-state index >= 15 is 0 Å². The number of piperidine rings is 1. The fraction of sp³-hybridized carbons (Fsp3) is 0.636. The summed E-state index contributed by atoms with van der Waals surface area (Å²) in [5.41, 5.74) is 0.704. The van der Waals surface area contributed by atoms with E-state index in [1.807, 2.05) is 35.2 Å². The van der Waals surface area contributed by atoms with E-state index in [1.165, 1.54) is 0 Å². The number of rotatable bonds is 5. The molecule has 1 N–H and O–H groups in total. The first-order chi connectivity index (χ1) is 14.1. The molecule has 2 atom stereocenters. The summed E-state index contributed by atoms with van der Waals surface area (Å²) in [6, 6.07) is 9.51. The predicted octanol–water partition coefficient (Wildman–Crippen LogP) is 2.11. The molecule has 1 aromatic carbocycles. The number of urea groups is 1. The highest BCUT2D eigenvalue weighted by Crippen LogP contribution is 2.49. The molecule has 0 aliphatic carbocycles. The average molecular weight is 401 g/mol. The van der Waals surface area contributed by atoms with Crippen molar-refractivity contribution < 1.29 is 14.3 Å². The van der Waals surface area contributed by atoms with Crippen LogP contribution in [0.3, 0.4) is 0 Å². The van der Waals surface area contributed by atoms with Crippen molar-refractivity contribution in [3.05, 3.63) is 30.3 Å². The predicted molar refractivity (Wildman–Crippen MR) is 112 cm³/mol. The van der Waals surface area contributed by atoms with Crippen molar-refractivity contribution in [3.63, 3.8) is 0 Å². The van der Waals surface area contributed by atoms with E-state index in [9.17, 15) is 9.59 Å². The Hall–Kier alpha value is -2.12. The molecule has 3 aliphatic rings.